The topological polar surface area (TPSA) is 90.3 Å². The molecule has 204 valence electrons. The van der Waals surface area contributed by atoms with Gasteiger partial charge in [-0.15, -0.1) is 0 Å². The Balaban J connectivity index is 1.53. The zero-order valence-corrected chi connectivity index (χ0v) is 25.8. The molecule has 2 saturated heterocycles. The number of carbonyl (C=O) groups excluding carboxylic acids is 2. The van der Waals surface area contributed by atoms with Crippen LogP contribution in [0, 0.1) is 9.49 Å². The van der Waals surface area contributed by atoms with E-state index in [0.29, 0.717) is 23.7 Å². The second-order valence-electron chi connectivity index (χ2n) is 11.3. The Labute approximate surface area is 243 Å². The van der Waals surface area contributed by atoms with Crippen LogP contribution in [0.3, 0.4) is 0 Å². The van der Waals surface area contributed by atoms with Gasteiger partial charge < -0.3 is 24.4 Å². The summed E-state index contributed by atoms with van der Waals surface area (Å²) in [5.74, 6) is -0.661. The number of hydrogen-bond acceptors (Lipinski definition) is 5. The summed E-state index contributed by atoms with van der Waals surface area (Å²) in [6.07, 6.45) is 1.06. The van der Waals surface area contributed by atoms with E-state index < -0.39 is 20.0 Å². The van der Waals surface area contributed by atoms with Gasteiger partial charge in [-0.05, 0) is 84.4 Å². The summed E-state index contributed by atoms with van der Waals surface area (Å²) in [7, 11) is -2.89. The van der Waals surface area contributed by atoms with E-state index in [2.05, 4.69) is 22.6 Å². The molecule has 3 heterocycles. The Bertz CT molecular complexity index is 1240. The van der Waals surface area contributed by atoms with Crippen LogP contribution < -0.4 is 4.90 Å². The molecule has 7 nitrogen and oxygen atoms in total. The number of aliphatic hydroxyl groups is 1. The SMILES string of the molecule is C[C@H]1[C@H]([Si](C)(C)O)[C@@H](CC(=O)N2CCC[C@H]2CO)O[C@]12C(=O)N(Cc1ccc(I)cc1)c1ccc(Cl)cc12. The molecule has 0 aliphatic carbocycles. The standard InChI is InChI=1S/C28H34ClIN2O5Si/c1-17-26(38(2,3)36)24(14-25(34)31-12-4-5-21(31)16-33)37-28(17)22-13-19(29)8-11-23(22)32(27(28)35)15-18-6-9-20(30)10-7-18/h6-11,13,17,21,24,26,33,36H,4-5,12,14-16H2,1-3H3/t17-,21-,24+,26-,28+/m0/s1. The average molecular weight is 669 g/mol. The second kappa shape index (κ2) is 10.5. The first-order valence-corrected chi connectivity index (χ1v) is 17.6. The van der Waals surface area contributed by atoms with Crippen LogP contribution in [0.5, 0.6) is 0 Å². The van der Waals surface area contributed by atoms with Gasteiger partial charge in [-0.25, -0.2) is 0 Å². The van der Waals surface area contributed by atoms with E-state index >= 15 is 0 Å². The number of carbonyl (C=O) groups is 2. The molecule has 3 aliphatic heterocycles. The van der Waals surface area contributed by atoms with Crippen molar-refractivity contribution in [3.8, 4) is 0 Å². The van der Waals surface area contributed by atoms with Crippen LogP contribution in [0.25, 0.3) is 0 Å². The van der Waals surface area contributed by atoms with Crippen molar-refractivity contribution in [2.45, 2.75) is 69.1 Å². The van der Waals surface area contributed by atoms with Crippen LogP contribution in [-0.4, -0.2) is 60.2 Å². The third kappa shape index (κ3) is 4.73. The highest BCUT2D eigenvalue weighted by Gasteiger charge is 2.66. The average Bonchev–Trinajstić information content (AvgIpc) is 3.51. The smallest absolute Gasteiger partial charge is 0.264 e. The predicted octanol–water partition coefficient (Wildman–Crippen LogP) is 4.66. The minimum atomic E-state index is -2.89. The normalized spacial score (nSPS) is 29.0. The van der Waals surface area contributed by atoms with Crippen molar-refractivity contribution in [2.75, 3.05) is 18.1 Å². The van der Waals surface area contributed by atoms with Crippen LogP contribution >= 0.6 is 34.2 Å². The summed E-state index contributed by atoms with van der Waals surface area (Å²) in [5, 5.41) is 10.3. The monoisotopic (exact) mass is 668 g/mol. The van der Waals surface area contributed by atoms with E-state index in [9.17, 15) is 19.5 Å². The van der Waals surface area contributed by atoms with E-state index in [4.69, 9.17) is 16.3 Å². The number of fused-ring (bicyclic) bond motifs is 2. The van der Waals surface area contributed by atoms with Gasteiger partial charge in [-0.1, -0.05) is 30.7 Å². The van der Waals surface area contributed by atoms with Gasteiger partial charge >= 0.3 is 0 Å². The molecule has 2 aromatic rings. The lowest BCUT2D eigenvalue weighted by molar-refractivity contribution is -0.150. The molecule has 0 radical (unpaired) electrons. The van der Waals surface area contributed by atoms with Crippen molar-refractivity contribution in [1.29, 1.82) is 0 Å². The lowest BCUT2D eigenvalue weighted by Gasteiger charge is -2.32. The molecule has 2 fully saturated rings. The van der Waals surface area contributed by atoms with Gasteiger partial charge in [0.25, 0.3) is 5.91 Å². The molecule has 5 rings (SSSR count). The van der Waals surface area contributed by atoms with Crippen LogP contribution in [-0.2, 0) is 26.5 Å². The van der Waals surface area contributed by atoms with Gasteiger partial charge in [0.05, 0.1) is 37.4 Å². The van der Waals surface area contributed by atoms with E-state index in [1.807, 2.05) is 50.3 Å². The molecule has 38 heavy (non-hydrogen) atoms. The fraction of sp³-hybridized carbons (Fsp3) is 0.500. The van der Waals surface area contributed by atoms with Crippen molar-refractivity contribution in [2.24, 2.45) is 5.92 Å². The fourth-order valence-electron chi connectivity index (χ4n) is 6.82. The number of nitrogens with zero attached hydrogens (tertiary/aromatic N) is 2. The van der Waals surface area contributed by atoms with Crippen molar-refractivity contribution in [3.05, 3.63) is 62.2 Å². The zero-order valence-electron chi connectivity index (χ0n) is 21.9. The summed E-state index contributed by atoms with van der Waals surface area (Å²) in [6.45, 7) is 6.57. The molecule has 5 atom stereocenters. The summed E-state index contributed by atoms with van der Waals surface area (Å²) in [5.41, 5.74) is 0.740. The second-order valence-corrected chi connectivity index (χ2v) is 17.0. The number of aliphatic hydroxyl groups excluding tert-OH is 1. The lowest BCUT2D eigenvalue weighted by atomic mass is 9.82. The Morgan fingerprint density at radius 3 is 2.61 bits per heavy atom. The molecule has 10 heteroatoms. The van der Waals surface area contributed by atoms with Crippen LogP contribution in [0.1, 0.15) is 37.3 Å². The van der Waals surface area contributed by atoms with E-state index in [-0.39, 0.29) is 42.3 Å². The molecule has 2 aromatic carbocycles. The summed E-state index contributed by atoms with van der Waals surface area (Å²) in [6, 6.07) is 13.3. The van der Waals surface area contributed by atoms with Gasteiger partial charge in [-0.2, -0.15) is 0 Å². The third-order valence-electron chi connectivity index (χ3n) is 8.48. The van der Waals surface area contributed by atoms with E-state index in [1.54, 1.807) is 21.9 Å². The Morgan fingerprint density at radius 2 is 1.95 bits per heavy atom. The molecule has 0 bridgehead atoms. The van der Waals surface area contributed by atoms with Gasteiger partial charge in [0.15, 0.2) is 13.9 Å². The van der Waals surface area contributed by atoms with Crippen LogP contribution in [0.4, 0.5) is 5.69 Å². The Morgan fingerprint density at radius 1 is 1.24 bits per heavy atom. The molecular weight excluding hydrogens is 635 g/mol. The molecule has 2 amide bonds. The quantitative estimate of drug-likeness (QED) is 0.345. The number of rotatable bonds is 6. The van der Waals surface area contributed by atoms with Crippen LogP contribution in [0.2, 0.25) is 23.7 Å². The van der Waals surface area contributed by atoms with Gasteiger partial charge in [0.1, 0.15) is 0 Å². The van der Waals surface area contributed by atoms with Crippen molar-refractivity contribution in [3.63, 3.8) is 0 Å². The number of benzene rings is 2. The fourth-order valence-corrected chi connectivity index (χ4v) is 9.91. The van der Waals surface area contributed by atoms with Crippen molar-refractivity contribution in [1.82, 2.24) is 4.90 Å². The van der Waals surface area contributed by atoms with E-state index in [1.165, 1.54) is 0 Å². The highest BCUT2D eigenvalue weighted by molar-refractivity contribution is 14.1. The van der Waals surface area contributed by atoms with Gasteiger partial charge in [-0.3, -0.25) is 9.59 Å². The maximum atomic E-state index is 14.4. The molecule has 0 saturated carbocycles. The number of halogens is 2. The minimum absolute atomic E-state index is 0.0601. The van der Waals surface area contributed by atoms with Crippen molar-refractivity contribution >= 4 is 60.0 Å². The Hall–Kier alpha value is -1.50. The molecule has 1 spiro atoms. The molecule has 0 unspecified atom stereocenters. The number of hydrogen-bond donors (Lipinski definition) is 2. The molecule has 2 N–H and O–H groups in total. The first-order chi connectivity index (χ1) is 18.0. The van der Waals surface area contributed by atoms with Crippen molar-refractivity contribution < 1.29 is 24.2 Å². The maximum Gasteiger partial charge on any atom is 0.264 e. The first kappa shape index (κ1) is 28.0. The summed E-state index contributed by atoms with van der Waals surface area (Å²) >= 11 is 8.72. The first-order valence-electron chi connectivity index (χ1n) is 13.1. The van der Waals surface area contributed by atoms with Gasteiger partial charge in [0.2, 0.25) is 5.91 Å². The summed E-state index contributed by atoms with van der Waals surface area (Å²) in [4.78, 5) is 42.7. The number of anilines is 1. The van der Waals surface area contributed by atoms with Gasteiger partial charge in [0, 0.05) is 32.2 Å². The Kier molecular flexibility index (Phi) is 7.73. The van der Waals surface area contributed by atoms with E-state index in [0.717, 1.165) is 27.7 Å². The number of likely N-dealkylation sites (tertiary alicyclic amines) is 1. The number of ether oxygens (including phenoxy) is 1. The zero-order chi connectivity index (χ0) is 27.4. The minimum Gasteiger partial charge on any atom is -0.432 e. The largest absolute Gasteiger partial charge is 0.432 e. The highest BCUT2D eigenvalue weighted by Crippen LogP contribution is 2.60. The molecule has 3 aliphatic rings. The number of amides is 2. The highest BCUT2D eigenvalue weighted by atomic mass is 127. The predicted molar refractivity (Wildman–Crippen MR) is 157 cm³/mol. The van der Waals surface area contributed by atoms with Crippen LogP contribution in [0.15, 0.2) is 42.5 Å². The lowest BCUT2D eigenvalue weighted by Crippen LogP contribution is -2.46. The third-order valence-corrected chi connectivity index (χ3v) is 11.9. The molecular formula is C28H34ClIN2O5Si. The molecule has 0 aromatic heterocycles. The maximum absolute atomic E-state index is 14.4. The summed E-state index contributed by atoms with van der Waals surface area (Å²) < 4.78 is 7.87.